The Bertz CT molecular complexity index is 411. The predicted octanol–water partition coefficient (Wildman–Crippen LogP) is 3.83. The van der Waals surface area contributed by atoms with Gasteiger partial charge in [0, 0.05) is 6.04 Å². The standard InChI is InChI=1S/C15H22FN/c1-5-17-14(13-9-15(13,3)4)12-8-11(16)7-6-10(12)2/h6-8,13-14,17H,5,9H2,1-4H3. The van der Waals surface area contributed by atoms with E-state index in [0.717, 1.165) is 12.1 Å². The van der Waals surface area contributed by atoms with Crippen LogP contribution in [0.3, 0.4) is 0 Å². The van der Waals surface area contributed by atoms with Gasteiger partial charge in [0.1, 0.15) is 5.82 Å². The summed E-state index contributed by atoms with van der Waals surface area (Å²) in [7, 11) is 0. The van der Waals surface area contributed by atoms with Gasteiger partial charge in [-0.3, -0.25) is 0 Å². The molecule has 2 rings (SSSR count). The summed E-state index contributed by atoms with van der Waals surface area (Å²) in [6.07, 6.45) is 1.22. The molecule has 0 radical (unpaired) electrons. The van der Waals surface area contributed by atoms with Crippen molar-refractivity contribution < 1.29 is 4.39 Å². The number of rotatable bonds is 4. The molecule has 17 heavy (non-hydrogen) atoms. The summed E-state index contributed by atoms with van der Waals surface area (Å²) in [5, 5.41) is 3.52. The maximum Gasteiger partial charge on any atom is 0.123 e. The van der Waals surface area contributed by atoms with Gasteiger partial charge in [0.15, 0.2) is 0 Å². The van der Waals surface area contributed by atoms with E-state index in [9.17, 15) is 4.39 Å². The van der Waals surface area contributed by atoms with E-state index < -0.39 is 0 Å². The summed E-state index contributed by atoms with van der Waals surface area (Å²) in [6, 6.07) is 5.41. The lowest BCUT2D eigenvalue weighted by molar-refractivity contribution is 0.420. The van der Waals surface area contributed by atoms with Crippen LogP contribution in [0.25, 0.3) is 0 Å². The molecule has 1 saturated carbocycles. The molecular weight excluding hydrogens is 213 g/mol. The topological polar surface area (TPSA) is 12.0 Å². The molecule has 1 aliphatic rings. The predicted molar refractivity (Wildman–Crippen MR) is 69.4 cm³/mol. The van der Waals surface area contributed by atoms with Gasteiger partial charge in [-0.25, -0.2) is 4.39 Å². The van der Waals surface area contributed by atoms with E-state index in [0.29, 0.717) is 17.4 Å². The third kappa shape index (κ3) is 2.52. The van der Waals surface area contributed by atoms with Crippen molar-refractivity contribution in [3.8, 4) is 0 Å². The highest BCUT2D eigenvalue weighted by Gasteiger charge is 2.50. The third-order valence-corrected chi connectivity index (χ3v) is 3.99. The summed E-state index contributed by atoms with van der Waals surface area (Å²) in [4.78, 5) is 0. The largest absolute Gasteiger partial charge is 0.310 e. The van der Waals surface area contributed by atoms with Crippen molar-refractivity contribution >= 4 is 0 Å². The van der Waals surface area contributed by atoms with Crippen LogP contribution in [-0.4, -0.2) is 6.54 Å². The molecule has 1 aromatic rings. The smallest absolute Gasteiger partial charge is 0.123 e. The summed E-state index contributed by atoms with van der Waals surface area (Å²) >= 11 is 0. The zero-order chi connectivity index (χ0) is 12.6. The Labute approximate surface area is 103 Å². The van der Waals surface area contributed by atoms with E-state index >= 15 is 0 Å². The summed E-state index contributed by atoms with van der Waals surface area (Å²) in [6.45, 7) is 9.67. The Balaban J connectivity index is 2.30. The molecular formula is C15H22FN. The van der Waals surface area contributed by atoms with E-state index in [4.69, 9.17) is 0 Å². The van der Waals surface area contributed by atoms with Gasteiger partial charge in [0.25, 0.3) is 0 Å². The first-order valence-electron chi connectivity index (χ1n) is 6.45. The zero-order valence-corrected chi connectivity index (χ0v) is 11.2. The van der Waals surface area contributed by atoms with Crippen molar-refractivity contribution in [3.05, 3.63) is 35.1 Å². The number of benzene rings is 1. The van der Waals surface area contributed by atoms with E-state index in [-0.39, 0.29) is 5.82 Å². The van der Waals surface area contributed by atoms with Crippen LogP contribution in [0.1, 0.15) is 44.4 Å². The van der Waals surface area contributed by atoms with Crippen LogP contribution in [0.2, 0.25) is 0 Å². The fourth-order valence-electron chi connectivity index (χ4n) is 2.71. The van der Waals surface area contributed by atoms with Crippen molar-refractivity contribution in [1.29, 1.82) is 0 Å². The van der Waals surface area contributed by atoms with E-state index in [1.165, 1.54) is 12.0 Å². The molecule has 2 atom stereocenters. The van der Waals surface area contributed by atoms with Gasteiger partial charge in [-0.05, 0) is 54.5 Å². The highest BCUT2D eigenvalue weighted by molar-refractivity contribution is 5.32. The van der Waals surface area contributed by atoms with Gasteiger partial charge in [-0.1, -0.05) is 26.8 Å². The van der Waals surface area contributed by atoms with Crippen LogP contribution in [0.15, 0.2) is 18.2 Å². The minimum Gasteiger partial charge on any atom is -0.310 e. The number of aryl methyl sites for hydroxylation is 1. The monoisotopic (exact) mass is 235 g/mol. The van der Waals surface area contributed by atoms with Crippen LogP contribution in [0.4, 0.5) is 4.39 Å². The molecule has 1 N–H and O–H groups in total. The molecule has 1 fully saturated rings. The maximum atomic E-state index is 13.4. The van der Waals surface area contributed by atoms with Crippen molar-refractivity contribution in [3.63, 3.8) is 0 Å². The summed E-state index contributed by atoms with van der Waals surface area (Å²) in [5.41, 5.74) is 2.70. The highest BCUT2D eigenvalue weighted by Crippen LogP contribution is 2.58. The Hall–Kier alpha value is -0.890. The minimum absolute atomic E-state index is 0.132. The van der Waals surface area contributed by atoms with Crippen molar-refractivity contribution in [2.24, 2.45) is 11.3 Å². The molecule has 1 nitrogen and oxygen atoms in total. The van der Waals surface area contributed by atoms with Gasteiger partial charge < -0.3 is 5.32 Å². The second kappa shape index (κ2) is 4.41. The Morgan fingerprint density at radius 1 is 1.47 bits per heavy atom. The van der Waals surface area contributed by atoms with Gasteiger partial charge in [0.2, 0.25) is 0 Å². The Morgan fingerprint density at radius 2 is 2.12 bits per heavy atom. The van der Waals surface area contributed by atoms with Crippen LogP contribution >= 0.6 is 0 Å². The highest BCUT2D eigenvalue weighted by atomic mass is 19.1. The Kier molecular flexibility index (Phi) is 3.26. The molecule has 2 heteroatoms. The fraction of sp³-hybridized carbons (Fsp3) is 0.600. The lowest BCUT2D eigenvalue weighted by Crippen LogP contribution is -2.25. The van der Waals surface area contributed by atoms with Gasteiger partial charge >= 0.3 is 0 Å². The number of halogens is 1. The van der Waals surface area contributed by atoms with Crippen LogP contribution < -0.4 is 5.32 Å². The molecule has 0 bridgehead atoms. The molecule has 0 heterocycles. The van der Waals surface area contributed by atoms with E-state index in [2.05, 4.69) is 33.0 Å². The van der Waals surface area contributed by atoms with E-state index in [1.807, 2.05) is 6.07 Å². The quantitative estimate of drug-likeness (QED) is 0.836. The van der Waals surface area contributed by atoms with Crippen molar-refractivity contribution in [2.75, 3.05) is 6.54 Å². The number of hydrogen-bond acceptors (Lipinski definition) is 1. The molecule has 0 saturated heterocycles. The lowest BCUT2D eigenvalue weighted by atomic mass is 9.93. The molecule has 2 unspecified atom stereocenters. The minimum atomic E-state index is -0.132. The second-order valence-electron chi connectivity index (χ2n) is 5.84. The average molecular weight is 235 g/mol. The average Bonchev–Trinajstić information content (AvgIpc) is 2.88. The summed E-state index contributed by atoms with van der Waals surface area (Å²) in [5.74, 6) is 0.495. The zero-order valence-electron chi connectivity index (χ0n) is 11.2. The summed E-state index contributed by atoms with van der Waals surface area (Å²) < 4.78 is 13.4. The normalized spacial score (nSPS) is 23.5. The molecule has 0 aliphatic heterocycles. The van der Waals surface area contributed by atoms with Crippen LogP contribution in [0, 0.1) is 24.1 Å². The van der Waals surface area contributed by atoms with Crippen molar-refractivity contribution in [1.82, 2.24) is 5.32 Å². The van der Waals surface area contributed by atoms with E-state index in [1.54, 1.807) is 12.1 Å². The molecule has 1 aliphatic carbocycles. The first-order chi connectivity index (χ1) is 7.95. The van der Waals surface area contributed by atoms with Gasteiger partial charge in [0.05, 0.1) is 0 Å². The van der Waals surface area contributed by atoms with Crippen molar-refractivity contribution in [2.45, 2.75) is 40.2 Å². The third-order valence-electron chi connectivity index (χ3n) is 3.99. The fourth-order valence-corrected chi connectivity index (χ4v) is 2.71. The molecule has 1 aromatic carbocycles. The molecule has 94 valence electrons. The maximum absolute atomic E-state index is 13.4. The number of hydrogen-bond donors (Lipinski definition) is 1. The molecule has 0 aromatic heterocycles. The SMILES string of the molecule is CCNC(c1cc(F)ccc1C)C1CC1(C)C. The first-order valence-corrected chi connectivity index (χ1v) is 6.45. The van der Waals surface area contributed by atoms with Crippen LogP contribution in [-0.2, 0) is 0 Å². The number of nitrogens with one attached hydrogen (secondary N) is 1. The van der Waals surface area contributed by atoms with Crippen LogP contribution in [0.5, 0.6) is 0 Å². The Morgan fingerprint density at radius 3 is 2.65 bits per heavy atom. The molecule has 0 amide bonds. The molecule has 0 spiro atoms. The first kappa shape index (κ1) is 12.6. The van der Waals surface area contributed by atoms with Gasteiger partial charge in [-0.2, -0.15) is 0 Å². The second-order valence-corrected chi connectivity index (χ2v) is 5.84. The van der Waals surface area contributed by atoms with Gasteiger partial charge in [-0.15, -0.1) is 0 Å². The lowest BCUT2D eigenvalue weighted by Gasteiger charge is -2.22.